The SMILES string of the molecule is c1ccc(-c2cc(-c3ccccc3)nc(-c3cccc(-c4nc5ccccc5c5ccc6c(c7ccccc7n6-c6ccccc6)c45)c3)n2)cc1. The smallest absolute Gasteiger partial charge is 0.160 e. The molecule has 0 bridgehead atoms. The van der Waals surface area contributed by atoms with Crippen molar-refractivity contribution in [1.82, 2.24) is 19.5 Å². The Labute approximate surface area is 295 Å². The van der Waals surface area contributed by atoms with Crippen molar-refractivity contribution in [2.75, 3.05) is 0 Å². The largest absolute Gasteiger partial charge is 0.309 e. The highest BCUT2D eigenvalue weighted by Gasteiger charge is 2.20. The molecule has 0 radical (unpaired) electrons. The molecule has 0 saturated carbocycles. The summed E-state index contributed by atoms with van der Waals surface area (Å²) in [5.41, 5.74) is 11.2. The zero-order chi connectivity index (χ0) is 33.7. The minimum Gasteiger partial charge on any atom is -0.309 e. The molecule has 4 nitrogen and oxygen atoms in total. The predicted octanol–water partition coefficient (Wildman–Crippen LogP) is 11.9. The molecule has 238 valence electrons. The summed E-state index contributed by atoms with van der Waals surface area (Å²) in [4.78, 5) is 15.7. The third-order valence-corrected chi connectivity index (χ3v) is 9.78. The number of benzene rings is 7. The van der Waals surface area contributed by atoms with Gasteiger partial charge in [-0.15, -0.1) is 0 Å². The topological polar surface area (TPSA) is 43.6 Å². The summed E-state index contributed by atoms with van der Waals surface area (Å²) in [5, 5.41) is 5.84. The second-order valence-corrected chi connectivity index (χ2v) is 12.8. The Hall–Kier alpha value is -6.91. The number of rotatable bonds is 5. The Morgan fingerprint density at radius 2 is 0.941 bits per heavy atom. The lowest BCUT2D eigenvalue weighted by molar-refractivity contribution is 1.18. The molecule has 0 atom stereocenters. The van der Waals surface area contributed by atoms with Gasteiger partial charge in [0.2, 0.25) is 0 Å². The first kappa shape index (κ1) is 29.0. The number of fused-ring (bicyclic) bond motifs is 7. The van der Waals surface area contributed by atoms with Crippen LogP contribution in [0.15, 0.2) is 182 Å². The summed E-state index contributed by atoms with van der Waals surface area (Å²) in [5.74, 6) is 0.674. The number of nitrogens with zero attached hydrogens (tertiary/aromatic N) is 4. The van der Waals surface area contributed by atoms with E-state index in [0.29, 0.717) is 5.82 Å². The van der Waals surface area contributed by atoms with Crippen molar-refractivity contribution in [3.05, 3.63) is 182 Å². The third-order valence-electron chi connectivity index (χ3n) is 9.78. The average Bonchev–Trinajstić information content (AvgIpc) is 3.56. The molecule has 0 amide bonds. The van der Waals surface area contributed by atoms with Gasteiger partial charge >= 0.3 is 0 Å². The summed E-state index contributed by atoms with van der Waals surface area (Å²) in [6, 6.07) is 63.6. The van der Waals surface area contributed by atoms with Crippen LogP contribution >= 0.6 is 0 Å². The third kappa shape index (κ3) is 4.88. The van der Waals surface area contributed by atoms with Gasteiger partial charge < -0.3 is 4.57 Å². The van der Waals surface area contributed by atoms with Gasteiger partial charge in [0, 0.05) is 49.5 Å². The molecule has 0 saturated heterocycles. The van der Waals surface area contributed by atoms with Crippen molar-refractivity contribution in [2.24, 2.45) is 0 Å². The molecule has 0 aliphatic rings. The number of pyridine rings is 1. The van der Waals surface area contributed by atoms with Gasteiger partial charge in [-0.2, -0.15) is 0 Å². The maximum atomic E-state index is 5.43. The van der Waals surface area contributed by atoms with Crippen LogP contribution in [0.3, 0.4) is 0 Å². The fourth-order valence-electron chi connectivity index (χ4n) is 7.47. The van der Waals surface area contributed by atoms with E-state index in [0.717, 1.165) is 66.8 Å². The summed E-state index contributed by atoms with van der Waals surface area (Å²) < 4.78 is 2.37. The number of hydrogen-bond acceptors (Lipinski definition) is 3. The van der Waals surface area contributed by atoms with Crippen molar-refractivity contribution in [3.8, 4) is 50.8 Å². The van der Waals surface area contributed by atoms with E-state index in [2.05, 4.69) is 150 Å². The van der Waals surface area contributed by atoms with E-state index >= 15 is 0 Å². The van der Waals surface area contributed by atoms with E-state index < -0.39 is 0 Å². The van der Waals surface area contributed by atoms with Crippen LogP contribution in [0.5, 0.6) is 0 Å². The number of aromatic nitrogens is 4. The van der Waals surface area contributed by atoms with Gasteiger partial charge in [0.25, 0.3) is 0 Å². The van der Waals surface area contributed by atoms with Crippen molar-refractivity contribution < 1.29 is 0 Å². The van der Waals surface area contributed by atoms with Gasteiger partial charge in [-0.25, -0.2) is 15.0 Å². The van der Waals surface area contributed by atoms with Crippen LogP contribution in [0.25, 0.3) is 94.3 Å². The number of para-hydroxylation sites is 3. The number of hydrogen-bond donors (Lipinski definition) is 0. The molecule has 0 N–H and O–H groups in total. The molecule has 4 heteroatoms. The Balaban J connectivity index is 1.26. The van der Waals surface area contributed by atoms with Gasteiger partial charge in [-0.3, -0.25) is 0 Å². The molecule has 0 fully saturated rings. The van der Waals surface area contributed by atoms with Crippen LogP contribution in [-0.2, 0) is 0 Å². The van der Waals surface area contributed by atoms with Crippen LogP contribution in [0.4, 0.5) is 0 Å². The molecule has 51 heavy (non-hydrogen) atoms. The van der Waals surface area contributed by atoms with Gasteiger partial charge in [-0.1, -0.05) is 140 Å². The molecule has 0 aliphatic heterocycles. The van der Waals surface area contributed by atoms with Crippen molar-refractivity contribution in [1.29, 1.82) is 0 Å². The van der Waals surface area contributed by atoms with E-state index in [1.54, 1.807) is 0 Å². The van der Waals surface area contributed by atoms with Crippen molar-refractivity contribution in [3.63, 3.8) is 0 Å². The van der Waals surface area contributed by atoms with E-state index in [1.807, 2.05) is 36.4 Å². The zero-order valence-electron chi connectivity index (χ0n) is 27.6. The average molecular weight is 651 g/mol. The van der Waals surface area contributed by atoms with E-state index in [4.69, 9.17) is 15.0 Å². The molecule has 7 aromatic carbocycles. The summed E-state index contributed by atoms with van der Waals surface area (Å²) in [6.07, 6.45) is 0. The second-order valence-electron chi connectivity index (χ2n) is 12.8. The van der Waals surface area contributed by atoms with Crippen LogP contribution in [-0.4, -0.2) is 19.5 Å². The van der Waals surface area contributed by atoms with Crippen LogP contribution in [0, 0.1) is 0 Å². The highest BCUT2D eigenvalue weighted by atomic mass is 15.0. The minimum absolute atomic E-state index is 0.674. The lowest BCUT2D eigenvalue weighted by Gasteiger charge is -2.14. The normalized spacial score (nSPS) is 11.5. The molecule has 0 aliphatic carbocycles. The molecule has 10 rings (SSSR count). The predicted molar refractivity (Wildman–Crippen MR) is 211 cm³/mol. The zero-order valence-corrected chi connectivity index (χ0v) is 27.6. The van der Waals surface area contributed by atoms with Gasteiger partial charge in [0.05, 0.1) is 33.6 Å². The van der Waals surface area contributed by atoms with E-state index in [-0.39, 0.29) is 0 Å². The monoisotopic (exact) mass is 650 g/mol. The Bertz CT molecular complexity index is 2840. The summed E-state index contributed by atoms with van der Waals surface area (Å²) >= 11 is 0. The molecule has 10 aromatic rings. The van der Waals surface area contributed by atoms with Crippen molar-refractivity contribution >= 4 is 43.5 Å². The maximum Gasteiger partial charge on any atom is 0.160 e. The molecule has 0 spiro atoms. The van der Waals surface area contributed by atoms with Crippen LogP contribution in [0.1, 0.15) is 0 Å². The van der Waals surface area contributed by atoms with Crippen LogP contribution < -0.4 is 0 Å². The quantitative estimate of drug-likeness (QED) is 0.174. The summed E-state index contributed by atoms with van der Waals surface area (Å²) in [7, 11) is 0. The Morgan fingerprint density at radius 3 is 1.67 bits per heavy atom. The molecule has 3 heterocycles. The van der Waals surface area contributed by atoms with Crippen LogP contribution in [0.2, 0.25) is 0 Å². The minimum atomic E-state index is 0.674. The van der Waals surface area contributed by atoms with Gasteiger partial charge in [-0.05, 0) is 47.9 Å². The van der Waals surface area contributed by atoms with E-state index in [1.165, 1.54) is 21.7 Å². The lowest BCUT2D eigenvalue weighted by atomic mass is 9.95. The molecule has 3 aromatic heterocycles. The highest BCUT2D eigenvalue weighted by molar-refractivity contribution is 6.28. The molecule has 0 unspecified atom stereocenters. The van der Waals surface area contributed by atoms with Crippen molar-refractivity contribution in [2.45, 2.75) is 0 Å². The highest BCUT2D eigenvalue weighted by Crippen LogP contribution is 2.43. The molecular formula is C47H30N4. The standard InChI is InChI=1S/C47H30N4/c1-4-15-31(16-5-1)40-30-41(32-17-6-2-7-18-32)50-47(49-40)34-20-14-19-33(29-34)46-45-37(36-23-10-12-25-39(36)48-46)27-28-43-44(45)38-24-11-13-26-42(38)51(43)35-21-8-3-9-22-35/h1-30H. The van der Waals surface area contributed by atoms with E-state index in [9.17, 15) is 0 Å². The first-order valence-electron chi connectivity index (χ1n) is 17.2. The van der Waals surface area contributed by atoms with Gasteiger partial charge in [0.15, 0.2) is 5.82 Å². The maximum absolute atomic E-state index is 5.43. The molecular weight excluding hydrogens is 621 g/mol. The fraction of sp³-hybridized carbons (Fsp3) is 0. The van der Waals surface area contributed by atoms with Gasteiger partial charge in [0.1, 0.15) is 0 Å². The Morgan fingerprint density at radius 1 is 0.353 bits per heavy atom. The summed E-state index contributed by atoms with van der Waals surface area (Å²) in [6.45, 7) is 0. The first-order valence-corrected chi connectivity index (χ1v) is 17.2. The fourth-order valence-corrected chi connectivity index (χ4v) is 7.47. The lowest BCUT2D eigenvalue weighted by Crippen LogP contribution is -1.97. The second kappa shape index (κ2) is 11.9. The Kier molecular flexibility index (Phi) is 6.78. The first-order chi connectivity index (χ1) is 25.3.